The van der Waals surface area contributed by atoms with Crippen LogP contribution < -0.4 is 18.9 Å². The molecule has 0 N–H and O–H groups in total. The predicted molar refractivity (Wildman–Crippen MR) is 206 cm³/mol. The van der Waals surface area contributed by atoms with Crippen LogP contribution in [0, 0.1) is 0 Å². The van der Waals surface area contributed by atoms with Crippen molar-refractivity contribution in [1.29, 1.82) is 0 Å². The van der Waals surface area contributed by atoms with Crippen molar-refractivity contribution in [1.82, 2.24) is 0 Å². The first-order valence-corrected chi connectivity index (χ1v) is 18.8. The summed E-state index contributed by atoms with van der Waals surface area (Å²) in [6, 6.07) is 25.9. The highest BCUT2D eigenvalue weighted by molar-refractivity contribution is 5.94. The molecule has 4 aromatic rings. The lowest BCUT2D eigenvalue weighted by Gasteiger charge is -2.13. The molecule has 0 atom stereocenters. The monoisotopic (exact) mass is 724 g/mol. The first-order valence-electron chi connectivity index (χ1n) is 18.8. The van der Waals surface area contributed by atoms with Gasteiger partial charge in [0.25, 0.3) is 0 Å². The maximum atomic E-state index is 13.1. The fraction of sp³-hybridized carbons (Fsp3) is 0.386. The zero-order chi connectivity index (χ0) is 37.5. The van der Waals surface area contributed by atoms with E-state index in [4.69, 9.17) is 28.4 Å². The SMILES string of the molecule is C=CC(=O)OCCCCCCOc1ccc(C(=O)Oc2ccc(OCCCCCCOc3ccc4ccccc4c3)c(C(=O)OCCCCC)c2)cc1. The van der Waals surface area contributed by atoms with E-state index in [0.29, 0.717) is 50.1 Å². The molecule has 0 aromatic heterocycles. The highest BCUT2D eigenvalue weighted by Gasteiger charge is 2.18. The minimum Gasteiger partial charge on any atom is -0.494 e. The van der Waals surface area contributed by atoms with Gasteiger partial charge in [-0.15, -0.1) is 0 Å². The van der Waals surface area contributed by atoms with Gasteiger partial charge < -0.3 is 28.4 Å². The van der Waals surface area contributed by atoms with E-state index in [9.17, 15) is 14.4 Å². The van der Waals surface area contributed by atoms with Crippen LogP contribution in [0.15, 0.2) is 97.6 Å². The summed E-state index contributed by atoms with van der Waals surface area (Å²) in [7, 11) is 0. The van der Waals surface area contributed by atoms with Crippen LogP contribution in [0.1, 0.15) is 98.3 Å². The highest BCUT2D eigenvalue weighted by Crippen LogP contribution is 2.27. The molecule has 53 heavy (non-hydrogen) atoms. The second-order valence-electron chi connectivity index (χ2n) is 12.7. The quantitative estimate of drug-likeness (QED) is 0.0286. The highest BCUT2D eigenvalue weighted by atomic mass is 16.5. The lowest BCUT2D eigenvalue weighted by atomic mass is 10.1. The van der Waals surface area contributed by atoms with Gasteiger partial charge in [-0.25, -0.2) is 14.4 Å². The molecule has 0 aliphatic heterocycles. The van der Waals surface area contributed by atoms with Gasteiger partial charge in [-0.1, -0.05) is 56.7 Å². The van der Waals surface area contributed by atoms with Crippen LogP contribution in [0.4, 0.5) is 0 Å². The molecule has 282 valence electrons. The molecule has 0 saturated carbocycles. The first kappa shape index (κ1) is 40.5. The average molecular weight is 725 g/mol. The summed E-state index contributed by atoms with van der Waals surface area (Å²) in [5.41, 5.74) is 0.565. The van der Waals surface area contributed by atoms with Crippen LogP contribution >= 0.6 is 0 Å². The van der Waals surface area contributed by atoms with Crippen LogP contribution in [0.5, 0.6) is 23.0 Å². The van der Waals surface area contributed by atoms with Crippen molar-refractivity contribution in [2.75, 3.05) is 33.0 Å². The van der Waals surface area contributed by atoms with Gasteiger partial charge in [-0.2, -0.15) is 0 Å². The number of carbonyl (C=O) groups excluding carboxylic acids is 3. The third-order valence-corrected chi connectivity index (χ3v) is 8.46. The van der Waals surface area contributed by atoms with Crippen LogP contribution in [0.3, 0.4) is 0 Å². The normalized spacial score (nSPS) is 10.7. The molecule has 0 aliphatic carbocycles. The molecule has 0 unspecified atom stereocenters. The van der Waals surface area contributed by atoms with Crippen LogP contribution in [0.25, 0.3) is 10.8 Å². The van der Waals surface area contributed by atoms with Crippen molar-refractivity contribution in [3.8, 4) is 23.0 Å². The molecule has 4 aromatic carbocycles. The van der Waals surface area contributed by atoms with Gasteiger partial charge in [0, 0.05) is 6.08 Å². The Bertz CT molecular complexity index is 1730. The molecule has 0 bridgehead atoms. The second kappa shape index (κ2) is 23.3. The van der Waals surface area contributed by atoms with E-state index in [1.165, 1.54) is 11.5 Å². The van der Waals surface area contributed by atoms with E-state index in [1.54, 1.807) is 36.4 Å². The molecule has 9 heteroatoms. The van der Waals surface area contributed by atoms with Crippen molar-refractivity contribution in [2.24, 2.45) is 0 Å². The number of ether oxygens (including phenoxy) is 6. The predicted octanol–water partition coefficient (Wildman–Crippen LogP) is 10.1. The molecule has 0 amide bonds. The van der Waals surface area contributed by atoms with Gasteiger partial charge in [-0.05, 0) is 123 Å². The van der Waals surface area contributed by atoms with Crippen molar-refractivity contribution in [3.05, 3.63) is 109 Å². The third kappa shape index (κ3) is 14.7. The molecule has 0 saturated heterocycles. The lowest BCUT2D eigenvalue weighted by Crippen LogP contribution is -2.12. The largest absolute Gasteiger partial charge is 0.494 e. The second-order valence-corrected chi connectivity index (χ2v) is 12.7. The Balaban J connectivity index is 1.20. The van der Waals surface area contributed by atoms with Crippen molar-refractivity contribution >= 4 is 28.7 Å². The molecule has 0 spiro atoms. The summed E-state index contributed by atoms with van der Waals surface area (Å²) in [5.74, 6) is 0.647. The van der Waals surface area contributed by atoms with Gasteiger partial charge in [0.15, 0.2) is 0 Å². The number of carbonyl (C=O) groups is 3. The number of fused-ring (bicyclic) bond motifs is 1. The summed E-state index contributed by atoms with van der Waals surface area (Å²) in [6.45, 7) is 7.76. The average Bonchev–Trinajstić information content (AvgIpc) is 3.18. The Kier molecular flexibility index (Phi) is 17.8. The number of benzene rings is 4. The Morgan fingerprint density at radius 2 is 1.13 bits per heavy atom. The smallest absolute Gasteiger partial charge is 0.343 e. The number of unbranched alkanes of at least 4 members (excludes halogenated alkanes) is 8. The van der Waals surface area contributed by atoms with Gasteiger partial charge in [0.2, 0.25) is 0 Å². The maximum Gasteiger partial charge on any atom is 0.343 e. The summed E-state index contributed by atoms with van der Waals surface area (Å²) in [6.07, 6.45) is 11.1. The van der Waals surface area contributed by atoms with Crippen molar-refractivity contribution in [2.45, 2.75) is 77.6 Å². The molecule has 4 rings (SSSR count). The number of rotatable bonds is 25. The lowest BCUT2D eigenvalue weighted by molar-refractivity contribution is -0.137. The van der Waals surface area contributed by atoms with Crippen LogP contribution in [-0.2, 0) is 14.3 Å². The number of esters is 3. The fourth-order valence-electron chi connectivity index (χ4n) is 5.47. The molecule has 9 nitrogen and oxygen atoms in total. The number of hydrogen-bond donors (Lipinski definition) is 0. The molecular weight excluding hydrogens is 672 g/mol. The standard InChI is InChI=1S/C44H52O9/c1-3-5-12-31-52-44(47)40-33-39(53-43(46)35-20-22-37(23-21-35)48-27-13-7-9-16-30-51-42(45)4-2)25-26-41(40)50-29-15-8-6-14-28-49-38-24-19-34-17-10-11-18-36(34)32-38/h4,10-11,17-26,32-33H,2-3,5-9,12-16,27-31H2,1H3. The zero-order valence-electron chi connectivity index (χ0n) is 30.9. The van der Waals surface area contributed by atoms with E-state index in [-0.39, 0.29) is 11.3 Å². The van der Waals surface area contributed by atoms with Crippen molar-refractivity contribution in [3.63, 3.8) is 0 Å². The first-order chi connectivity index (χ1) is 26.0. The topological polar surface area (TPSA) is 107 Å². The Morgan fingerprint density at radius 1 is 0.547 bits per heavy atom. The van der Waals surface area contributed by atoms with E-state index < -0.39 is 17.9 Å². The van der Waals surface area contributed by atoms with Crippen molar-refractivity contribution < 1.29 is 42.8 Å². The third-order valence-electron chi connectivity index (χ3n) is 8.46. The van der Waals surface area contributed by atoms with Gasteiger partial charge in [0.1, 0.15) is 28.6 Å². The van der Waals surface area contributed by atoms with Gasteiger partial charge >= 0.3 is 17.9 Å². The maximum absolute atomic E-state index is 13.1. The fourth-order valence-corrected chi connectivity index (χ4v) is 5.47. The van der Waals surface area contributed by atoms with Gasteiger partial charge in [-0.3, -0.25) is 0 Å². The van der Waals surface area contributed by atoms with Crippen LogP contribution in [-0.4, -0.2) is 50.9 Å². The zero-order valence-corrected chi connectivity index (χ0v) is 30.9. The summed E-state index contributed by atoms with van der Waals surface area (Å²) >= 11 is 0. The Morgan fingerprint density at radius 3 is 1.83 bits per heavy atom. The minimum atomic E-state index is -0.561. The molecule has 0 heterocycles. The van der Waals surface area contributed by atoms with E-state index >= 15 is 0 Å². The van der Waals surface area contributed by atoms with Gasteiger partial charge in [0.05, 0.1) is 38.6 Å². The Hall–Kier alpha value is -5.31. The summed E-state index contributed by atoms with van der Waals surface area (Å²) in [5, 5.41) is 2.36. The summed E-state index contributed by atoms with van der Waals surface area (Å²) < 4.78 is 33.9. The Labute approximate surface area is 313 Å². The van der Waals surface area contributed by atoms with E-state index in [1.807, 2.05) is 18.2 Å². The number of hydrogen-bond acceptors (Lipinski definition) is 9. The van der Waals surface area contributed by atoms with E-state index in [2.05, 4.69) is 37.8 Å². The molecular formula is C44H52O9. The minimum absolute atomic E-state index is 0.217. The molecule has 0 aliphatic rings. The molecule has 0 radical (unpaired) electrons. The van der Waals surface area contributed by atoms with Crippen LogP contribution in [0.2, 0.25) is 0 Å². The van der Waals surface area contributed by atoms with E-state index in [0.717, 1.165) is 87.8 Å². The summed E-state index contributed by atoms with van der Waals surface area (Å²) in [4.78, 5) is 37.1. The molecule has 0 fully saturated rings.